The number of ether oxygens (including phenoxy) is 1. The number of nitrogens with one attached hydrogen (secondary N) is 1. The maximum Gasteiger partial charge on any atom is 0.145 e. The lowest BCUT2D eigenvalue weighted by atomic mass is 10.1. The van der Waals surface area contributed by atoms with E-state index >= 15 is 0 Å². The summed E-state index contributed by atoms with van der Waals surface area (Å²) in [5.41, 5.74) is 3.35. The minimum Gasteiger partial charge on any atom is -0.456 e. The zero-order valence-corrected chi connectivity index (χ0v) is 13.5. The molecule has 1 N–H and O–H groups in total. The van der Waals surface area contributed by atoms with Gasteiger partial charge in [0.05, 0.1) is 22.7 Å². The zero-order chi connectivity index (χ0) is 17.9. The van der Waals surface area contributed by atoms with Crippen LogP contribution in [0.3, 0.4) is 0 Å². The summed E-state index contributed by atoms with van der Waals surface area (Å²) < 4.78 is 5.88. The van der Waals surface area contributed by atoms with Crippen molar-refractivity contribution >= 4 is 10.9 Å². The number of hydrogen-bond acceptors (Lipinski definition) is 5. The fourth-order valence-electron chi connectivity index (χ4n) is 2.69. The van der Waals surface area contributed by atoms with Crippen molar-refractivity contribution < 1.29 is 4.74 Å². The number of pyridine rings is 1. The Morgan fingerprint density at radius 2 is 1.77 bits per heavy atom. The van der Waals surface area contributed by atoms with E-state index < -0.39 is 0 Å². The van der Waals surface area contributed by atoms with E-state index in [0.29, 0.717) is 22.6 Å². The molecular formula is C20H11N5O. The Hall–Kier alpha value is -4.16. The number of nitrogens with zero attached hydrogens (tertiary/aromatic N) is 4. The number of nitriles is 2. The first kappa shape index (κ1) is 15.4. The average Bonchev–Trinajstić information content (AvgIpc) is 3.12. The molecule has 0 saturated heterocycles. The zero-order valence-electron chi connectivity index (χ0n) is 13.5. The topological polar surface area (TPSA) is 98.4 Å². The lowest BCUT2D eigenvalue weighted by Crippen LogP contribution is -1.89. The molecule has 0 spiro atoms. The summed E-state index contributed by atoms with van der Waals surface area (Å²) in [6.45, 7) is 0. The van der Waals surface area contributed by atoms with Gasteiger partial charge in [-0.05, 0) is 48.5 Å². The van der Waals surface area contributed by atoms with Crippen LogP contribution in [0.15, 0.2) is 60.9 Å². The molecule has 0 atom stereocenters. The van der Waals surface area contributed by atoms with Gasteiger partial charge in [0.2, 0.25) is 0 Å². The van der Waals surface area contributed by atoms with E-state index in [1.165, 1.54) is 6.07 Å². The van der Waals surface area contributed by atoms with Gasteiger partial charge in [-0.1, -0.05) is 0 Å². The summed E-state index contributed by atoms with van der Waals surface area (Å²) >= 11 is 0. The molecule has 2 aromatic heterocycles. The van der Waals surface area contributed by atoms with Gasteiger partial charge in [-0.15, -0.1) is 0 Å². The van der Waals surface area contributed by atoms with Crippen LogP contribution in [0.1, 0.15) is 11.1 Å². The molecule has 0 aliphatic rings. The van der Waals surface area contributed by atoms with E-state index in [9.17, 15) is 5.26 Å². The highest BCUT2D eigenvalue weighted by molar-refractivity contribution is 5.93. The second kappa shape index (κ2) is 6.39. The SMILES string of the molecule is N#Cc1ccc(Oc2ccc3[nH]nc(-c4ccncc4)c3c2)c(C#N)c1. The molecule has 0 fully saturated rings. The predicted octanol–water partition coefficient (Wildman–Crippen LogP) is 4.16. The predicted molar refractivity (Wildman–Crippen MR) is 95.3 cm³/mol. The highest BCUT2D eigenvalue weighted by Gasteiger charge is 2.11. The van der Waals surface area contributed by atoms with Gasteiger partial charge in [0.15, 0.2) is 0 Å². The lowest BCUT2D eigenvalue weighted by Gasteiger charge is -2.08. The van der Waals surface area contributed by atoms with E-state index in [0.717, 1.165) is 22.2 Å². The second-order valence-corrected chi connectivity index (χ2v) is 5.55. The number of fused-ring (bicyclic) bond motifs is 1. The quantitative estimate of drug-likeness (QED) is 0.605. The first-order valence-corrected chi connectivity index (χ1v) is 7.79. The molecule has 0 bridgehead atoms. The number of hydrogen-bond donors (Lipinski definition) is 1. The summed E-state index contributed by atoms with van der Waals surface area (Å²) in [6, 6.07) is 18.1. The summed E-state index contributed by atoms with van der Waals surface area (Å²) in [4.78, 5) is 4.03. The average molecular weight is 337 g/mol. The van der Waals surface area contributed by atoms with E-state index in [4.69, 9.17) is 10.00 Å². The van der Waals surface area contributed by atoms with Gasteiger partial charge in [0, 0.05) is 23.3 Å². The van der Waals surface area contributed by atoms with Crippen molar-refractivity contribution in [2.24, 2.45) is 0 Å². The number of aromatic nitrogens is 3. The van der Waals surface area contributed by atoms with Crippen molar-refractivity contribution in [3.63, 3.8) is 0 Å². The van der Waals surface area contributed by atoms with Crippen LogP contribution in [-0.2, 0) is 0 Å². The van der Waals surface area contributed by atoms with Crippen LogP contribution in [-0.4, -0.2) is 15.2 Å². The van der Waals surface area contributed by atoms with E-state index in [1.54, 1.807) is 30.6 Å². The van der Waals surface area contributed by atoms with Crippen LogP contribution >= 0.6 is 0 Å². The standard InChI is InChI=1S/C20H11N5O/c21-11-13-1-4-19(15(9-13)12-22)26-16-2-3-18-17(10-16)20(25-24-18)14-5-7-23-8-6-14/h1-10H,(H,24,25). The summed E-state index contributed by atoms with van der Waals surface area (Å²) in [7, 11) is 0. The van der Waals surface area contributed by atoms with Crippen LogP contribution in [0.5, 0.6) is 11.5 Å². The third-order valence-electron chi connectivity index (χ3n) is 3.94. The van der Waals surface area contributed by atoms with Gasteiger partial charge in [-0.25, -0.2) is 0 Å². The fourth-order valence-corrected chi connectivity index (χ4v) is 2.69. The van der Waals surface area contributed by atoms with Crippen LogP contribution < -0.4 is 4.74 Å². The van der Waals surface area contributed by atoms with Gasteiger partial charge >= 0.3 is 0 Å². The van der Waals surface area contributed by atoms with Gasteiger partial charge in [-0.2, -0.15) is 15.6 Å². The molecule has 2 aromatic carbocycles. The molecule has 4 rings (SSSR count). The van der Waals surface area contributed by atoms with E-state index in [1.807, 2.05) is 30.3 Å². The third-order valence-corrected chi connectivity index (χ3v) is 3.94. The van der Waals surface area contributed by atoms with Crippen LogP contribution in [0.4, 0.5) is 0 Å². The normalized spacial score (nSPS) is 10.2. The smallest absolute Gasteiger partial charge is 0.145 e. The Balaban J connectivity index is 1.75. The molecule has 0 saturated carbocycles. The van der Waals surface area contributed by atoms with Crippen molar-refractivity contribution in [1.82, 2.24) is 15.2 Å². The Bertz CT molecular complexity index is 1180. The summed E-state index contributed by atoms with van der Waals surface area (Å²) in [5.74, 6) is 0.982. The van der Waals surface area contributed by atoms with E-state index in [-0.39, 0.29) is 0 Å². The minimum atomic E-state index is 0.311. The molecule has 122 valence electrons. The molecule has 6 heteroatoms. The van der Waals surface area contributed by atoms with Gasteiger partial charge < -0.3 is 4.74 Å². The Morgan fingerprint density at radius 3 is 2.54 bits per heavy atom. The highest BCUT2D eigenvalue weighted by Crippen LogP contribution is 2.32. The largest absolute Gasteiger partial charge is 0.456 e. The van der Waals surface area contributed by atoms with Gasteiger partial charge in [0.1, 0.15) is 23.3 Å². The maximum absolute atomic E-state index is 9.29. The molecule has 4 aromatic rings. The Kier molecular flexibility index (Phi) is 3.78. The number of rotatable bonds is 3. The first-order valence-electron chi connectivity index (χ1n) is 7.79. The lowest BCUT2D eigenvalue weighted by molar-refractivity contribution is 0.482. The second-order valence-electron chi connectivity index (χ2n) is 5.55. The number of benzene rings is 2. The van der Waals surface area contributed by atoms with Gasteiger partial charge in [0.25, 0.3) is 0 Å². The van der Waals surface area contributed by atoms with Crippen molar-refractivity contribution in [2.45, 2.75) is 0 Å². The Labute approximate surface area is 148 Å². The molecule has 0 unspecified atom stereocenters. The molecule has 0 aliphatic carbocycles. The molecule has 6 nitrogen and oxygen atoms in total. The van der Waals surface area contributed by atoms with Crippen molar-refractivity contribution in [3.05, 3.63) is 72.1 Å². The van der Waals surface area contributed by atoms with Crippen LogP contribution in [0.25, 0.3) is 22.2 Å². The van der Waals surface area contributed by atoms with E-state index in [2.05, 4.69) is 21.3 Å². The van der Waals surface area contributed by atoms with Crippen molar-refractivity contribution in [2.75, 3.05) is 0 Å². The van der Waals surface area contributed by atoms with Crippen molar-refractivity contribution in [3.8, 4) is 34.9 Å². The van der Waals surface area contributed by atoms with Gasteiger partial charge in [-0.3, -0.25) is 10.1 Å². The highest BCUT2D eigenvalue weighted by atomic mass is 16.5. The third kappa shape index (κ3) is 2.72. The molecule has 0 aliphatic heterocycles. The Morgan fingerprint density at radius 1 is 0.923 bits per heavy atom. The molecule has 2 heterocycles. The molecule has 0 radical (unpaired) electrons. The maximum atomic E-state index is 9.29. The molecular weight excluding hydrogens is 326 g/mol. The van der Waals surface area contributed by atoms with Crippen LogP contribution in [0.2, 0.25) is 0 Å². The molecule has 26 heavy (non-hydrogen) atoms. The number of aromatic amines is 1. The summed E-state index contributed by atoms with van der Waals surface area (Å²) in [6.07, 6.45) is 3.43. The summed E-state index contributed by atoms with van der Waals surface area (Å²) in [5, 5.41) is 26.5. The first-order chi connectivity index (χ1) is 12.8. The monoisotopic (exact) mass is 337 g/mol. The number of H-pyrrole nitrogens is 1. The fraction of sp³-hybridized carbons (Fsp3) is 0. The van der Waals surface area contributed by atoms with Crippen molar-refractivity contribution in [1.29, 1.82) is 10.5 Å². The van der Waals surface area contributed by atoms with Crippen LogP contribution in [0, 0.1) is 22.7 Å². The molecule has 0 amide bonds. The minimum absolute atomic E-state index is 0.311.